The molecule has 3 nitrogen and oxygen atoms in total. The first kappa shape index (κ1) is 13.5. The summed E-state index contributed by atoms with van der Waals surface area (Å²) < 4.78 is 0. The third kappa shape index (κ3) is 3.30. The van der Waals surface area contributed by atoms with Crippen LogP contribution in [-0.2, 0) is 6.42 Å². The van der Waals surface area contributed by atoms with Crippen LogP contribution in [0.3, 0.4) is 0 Å². The van der Waals surface area contributed by atoms with Crippen LogP contribution in [0.2, 0.25) is 5.15 Å². The molecule has 1 aromatic carbocycles. The summed E-state index contributed by atoms with van der Waals surface area (Å²) >= 11 is 5.91. The van der Waals surface area contributed by atoms with Crippen molar-refractivity contribution in [2.75, 3.05) is 0 Å². The zero-order chi connectivity index (χ0) is 13.7. The van der Waals surface area contributed by atoms with Gasteiger partial charge in [0.15, 0.2) is 11.0 Å². The Morgan fingerprint density at radius 2 is 2.00 bits per heavy atom. The van der Waals surface area contributed by atoms with E-state index < -0.39 is 0 Å². The Morgan fingerprint density at radius 1 is 1.26 bits per heavy atom. The number of halogens is 1. The highest BCUT2D eigenvalue weighted by molar-refractivity contribution is 6.30. The van der Waals surface area contributed by atoms with Crippen molar-refractivity contribution in [3.63, 3.8) is 0 Å². The fourth-order valence-electron chi connectivity index (χ4n) is 1.78. The summed E-state index contributed by atoms with van der Waals surface area (Å²) in [5.41, 5.74) is 2.52. The van der Waals surface area contributed by atoms with Crippen LogP contribution in [0.15, 0.2) is 30.5 Å². The monoisotopic (exact) mass is 271 g/mol. The largest absolute Gasteiger partial charge is 0.235 e. The molecule has 19 heavy (non-hydrogen) atoms. The Morgan fingerprint density at radius 3 is 2.58 bits per heavy atom. The highest BCUT2D eigenvalue weighted by Gasteiger charge is 2.06. The van der Waals surface area contributed by atoms with Crippen LogP contribution in [0.4, 0.5) is 0 Å². The van der Waals surface area contributed by atoms with Gasteiger partial charge in [0.2, 0.25) is 0 Å². The van der Waals surface area contributed by atoms with Crippen molar-refractivity contribution in [1.82, 2.24) is 9.97 Å². The van der Waals surface area contributed by atoms with E-state index in [1.807, 2.05) is 18.2 Å². The van der Waals surface area contributed by atoms with Crippen molar-refractivity contribution in [3.05, 3.63) is 46.7 Å². The maximum atomic E-state index is 8.78. The second-order valence-corrected chi connectivity index (χ2v) is 4.67. The smallest absolute Gasteiger partial charge is 0.160 e. The number of hydrogen-bond donors (Lipinski definition) is 0. The number of aromatic nitrogens is 2. The number of hydrogen-bond acceptors (Lipinski definition) is 3. The Bertz CT molecular complexity index is 600. The molecule has 2 aromatic rings. The number of unbranched alkanes of at least 4 members (excludes halogenated alkanes) is 1. The molecular weight excluding hydrogens is 258 g/mol. The molecule has 0 saturated heterocycles. The van der Waals surface area contributed by atoms with Crippen LogP contribution in [0.1, 0.15) is 30.9 Å². The van der Waals surface area contributed by atoms with Gasteiger partial charge in [-0.3, -0.25) is 0 Å². The van der Waals surface area contributed by atoms with Gasteiger partial charge < -0.3 is 0 Å². The molecule has 2 rings (SSSR count). The van der Waals surface area contributed by atoms with Gasteiger partial charge in [-0.1, -0.05) is 49.2 Å². The standard InChI is InChI=1S/C15H14ClN3/c1-2-3-4-11-5-7-12(8-6-11)15-18-10-13(9-17)14(16)19-15/h5-8,10H,2-4H2,1H3. The maximum absolute atomic E-state index is 8.78. The van der Waals surface area contributed by atoms with Gasteiger partial charge in [0.25, 0.3) is 0 Å². The normalized spacial score (nSPS) is 10.2. The lowest BCUT2D eigenvalue weighted by molar-refractivity contribution is 0.795. The quantitative estimate of drug-likeness (QED) is 0.790. The van der Waals surface area contributed by atoms with Gasteiger partial charge >= 0.3 is 0 Å². The first-order chi connectivity index (χ1) is 9.24. The third-order valence-corrected chi connectivity index (χ3v) is 3.18. The molecule has 0 N–H and O–H groups in total. The van der Waals surface area contributed by atoms with Crippen molar-refractivity contribution in [2.24, 2.45) is 0 Å². The minimum absolute atomic E-state index is 0.197. The molecule has 0 fully saturated rings. The van der Waals surface area contributed by atoms with E-state index in [1.165, 1.54) is 24.6 Å². The van der Waals surface area contributed by atoms with E-state index in [0.717, 1.165) is 12.0 Å². The number of nitrogens with zero attached hydrogens (tertiary/aromatic N) is 3. The average Bonchev–Trinajstić information content (AvgIpc) is 2.45. The van der Waals surface area contributed by atoms with Crippen molar-refractivity contribution in [2.45, 2.75) is 26.2 Å². The second-order valence-electron chi connectivity index (χ2n) is 4.31. The lowest BCUT2D eigenvalue weighted by Crippen LogP contribution is -1.92. The van der Waals surface area contributed by atoms with Crippen LogP contribution in [0.5, 0.6) is 0 Å². The van der Waals surface area contributed by atoms with Crippen LogP contribution < -0.4 is 0 Å². The highest BCUT2D eigenvalue weighted by atomic mass is 35.5. The van der Waals surface area contributed by atoms with E-state index in [9.17, 15) is 0 Å². The summed E-state index contributed by atoms with van der Waals surface area (Å²) in [5.74, 6) is 0.547. The molecule has 0 aliphatic rings. The Balaban J connectivity index is 2.22. The molecule has 0 radical (unpaired) electrons. The molecule has 0 amide bonds. The molecule has 0 aliphatic heterocycles. The van der Waals surface area contributed by atoms with E-state index >= 15 is 0 Å². The molecule has 0 atom stereocenters. The molecule has 4 heteroatoms. The van der Waals surface area contributed by atoms with E-state index in [2.05, 4.69) is 29.0 Å². The second kappa shape index (κ2) is 6.31. The summed E-state index contributed by atoms with van der Waals surface area (Å²) in [4.78, 5) is 8.29. The first-order valence-corrected chi connectivity index (χ1v) is 6.64. The number of benzene rings is 1. The molecule has 0 bridgehead atoms. The first-order valence-electron chi connectivity index (χ1n) is 6.26. The van der Waals surface area contributed by atoms with E-state index in [0.29, 0.717) is 11.4 Å². The highest BCUT2D eigenvalue weighted by Crippen LogP contribution is 2.20. The predicted octanol–water partition coefficient (Wildman–Crippen LogP) is 4.01. The average molecular weight is 272 g/mol. The van der Waals surface area contributed by atoms with Crippen molar-refractivity contribution in [1.29, 1.82) is 5.26 Å². The number of rotatable bonds is 4. The summed E-state index contributed by atoms with van der Waals surface area (Å²) in [6, 6.07) is 10.1. The molecule has 0 saturated carbocycles. The third-order valence-electron chi connectivity index (χ3n) is 2.89. The van der Waals surface area contributed by atoms with Crippen LogP contribution in [0, 0.1) is 11.3 Å². The van der Waals surface area contributed by atoms with E-state index in [-0.39, 0.29) is 5.15 Å². The van der Waals surface area contributed by atoms with Crippen LogP contribution >= 0.6 is 11.6 Å². The molecule has 96 valence electrons. The molecule has 0 unspecified atom stereocenters. The molecule has 1 aromatic heterocycles. The maximum Gasteiger partial charge on any atom is 0.160 e. The van der Waals surface area contributed by atoms with Crippen LogP contribution in [0.25, 0.3) is 11.4 Å². The molecule has 0 spiro atoms. The SMILES string of the molecule is CCCCc1ccc(-c2ncc(C#N)c(Cl)n2)cc1. The molecule has 1 heterocycles. The van der Waals surface area contributed by atoms with E-state index in [1.54, 1.807) is 0 Å². The Hall–Kier alpha value is -1.92. The summed E-state index contributed by atoms with van der Waals surface area (Å²) in [6.45, 7) is 2.18. The molecule has 0 aliphatic carbocycles. The zero-order valence-electron chi connectivity index (χ0n) is 10.7. The summed E-state index contributed by atoms with van der Waals surface area (Å²) in [5, 5.41) is 8.98. The minimum atomic E-state index is 0.197. The number of aryl methyl sites for hydroxylation is 1. The topological polar surface area (TPSA) is 49.6 Å². The van der Waals surface area contributed by atoms with Gasteiger partial charge in [0, 0.05) is 5.56 Å². The van der Waals surface area contributed by atoms with Crippen molar-refractivity contribution >= 4 is 11.6 Å². The fourth-order valence-corrected chi connectivity index (χ4v) is 1.95. The summed E-state index contributed by atoms with van der Waals surface area (Å²) in [6.07, 6.45) is 4.93. The predicted molar refractivity (Wildman–Crippen MR) is 75.8 cm³/mol. The fraction of sp³-hybridized carbons (Fsp3) is 0.267. The lowest BCUT2D eigenvalue weighted by atomic mass is 10.1. The van der Waals surface area contributed by atoms with Gasteiger partial charge in [0.1, 0.15) is 11.6 Å². The minimum Gasteiger partial charge on any atom is -0.235 e. The summed E-state index contributed by atoms with van der Waals surface area (Å²) in [7, 11) is 0. The van der Waals surface area contributed by atoms with Gasteiger partial charge in [-0.25, -0.2) is 9.97 Å². The van der Waals surface area contributed by atoms with Gasteiger partial charge in [-0.05, 0) is 18.4 Å². The van der Waals surface area contributed by atoms with E-state index in [4.69, 9.17) is 16.9 Å². The van der Waals surface area contributed by atoms with Crippen LogP contribution in [-0.4, -0.2) is 9.97 Å². The van der Waals surface area contributed by atoms with Crippen molar-refractivity contribution < 1.29 is 0 Å². The van der Waals surface area contributed by atoms with Crippen molar-refractivity contribution in [3.8, 4) is 17.5 Å². The van der Waals surface area contributed by atoms with Gasteiger partial charge in [-0.15, -0.1) is 0 Å². The number of nitriles is 1. The van der Waals surface area contributed by atoms with Gasteiger partial charge in [0.05, 0.1) is 6.20 Å². The zero-order valence-corrected chi connectivity index (χ0v) is 11.5. The van der Waals surface area contributed by atoms with Gasteiger partial charge in [-0.2, -0.15) is 5.26 Å². The lowest BCUT2D eigenvalue weighted by Gasteiger charge is -2.03. The molecular formula is C15H14ClN3. The Labute approximate surface area is 117 Å². The Kier molecular flexibility index (Phi) is 4.48.